The lowest BCUT2D eigenvalue weighted by atomic mass is 9.97. The molecule has 2 heteroatoms. The van der Waals surface area contributed by atoms with Gasteiger partial charge in [-0.1, -0.05) is 43.3 Å². The van der Waals surface area contributed by atoms with Crippen molar-refractivity contribution in [2.45, 2.75) is 25.8 Å². The molecule has 21 heavy (non-hydrogen) atoms. The minimum absolute atomic E-state index is 0.474. The third kappa shape index (κ3) is 2.80. The summed E-state index contributed by atoms with van der Waals surface area (Å²) in [5, 5.41) is 1.31. The van der Waals surface area contributed by atoms with E-state index in [0.717, 1.165) is 18.7 Å². The number of fused-ring (bicyclic) bond motifs is 1. The molecule has 0 saturated carbocycles. The van der Waals surface area contributed by atoms with E-state index in [2.05, 4.69) is 60.2 Å². The Labute approximate surface area is 126 Å². The SMILES string of the molecule is COc1ccccc1C(C)CCn1ccc2ccccc21. The van der Waals surface area contributed by atoms with Gasteiger partial charge in [-0.2, -0.15) is 0 Å². The summed E-state index contributed by atoms with van der Waals surface area (Å²) < 4.78 is 7.80. The van der Waals surface area contributed by atoms with Gasteiger partial charge in [0.2, 0.25) is 0 Å². The summed E-state index contributed by atoms with van der Waals surface area (Å²) in [6.07, 6.45) is 3.28. The van der Waals surface area contributed by atoms with Gasteiger partial charge in [-0.15, -0.1) is 0 Å². The van der Waals surface area contributed by atoms with Gasteiger partial charge in [0, 0.05) is 18.3 Å². The van der Waals surface area contributed by atoms with Crippen LogP contribution in [0.25, 0.3) is 10.9 Å². The minimum Gasteiger partial charge on any atom is -0.496 e. The van der Waals surface area contributed by atoms with E-state index < -0.39 is 0 Å². The van der Waals surface area contributed by atoms with Crippen molar-refractivity contribution in [1.29, 1.82) is 0 Å². The number of para-hydroxylation sites is 2. The highest BCUT2D eigenvalue weighted by atomic mass is 16.5. The van der Waals surface area contributed by atoms with E-state index in [-0.39, 0.29) is 0 Å². The van der Waals surface area contributed by atoms with Crippen LogP contribution in [-0.4, -0.2) is 11.7 Å². The zero-order valence-electron chi connectivity index (χ0n) is 12.6. The van der Waals surface area contributed by atoms with Crippen LogP contribution < -0.4 is 4.74 Å². The lowest BCUT2D eigenvalue weighted by Crippen LogP contribution is -2.03. The summed E-state index contributed by atoms with van der Waals surface area (Å²) in [7, 11) is 1.74. The molecule has 1 atom stereocenters. The molecule has 1 unspecified atom stereocenters. The molecular formula is C19H21NO. The van der Waals surface area contributed by atoms with Crippen molar-refractivity contribution in [2.24, 2.45) is 0 Å². The van der Waals surface area contributed by atoms with Gasteiger partial charge in [0.1, 0.15) is 5.75 Å². The molecule has 2 aromatic carbocycles. The molecule has 0 saturated heterocycles. The topological polar surface area (TPSA) is 14.2 Å². The second kappa shape index (κ2) is 6.04. The molecule has 0 aliphatic heterocycles. The maximum atomic E-state index is 5.47. The molecule has 0 bridgehead atoms. The predicted molar refractivity (Wildman–Crippen MR) is 88.0 cm³/mol. The van der Waals surface area contributed by atoms with Gasteiger partial charge in [0.15, 0.2) is 0 Å². The third-order valence-corrected chi connectivity index (χ3v) is 4.15. The third-order valence-electron chi connectivity index (χ3n) is 4.15. The molecule has 0 aliphatic rings. The average Bonchev–Trinajstić information content (AvgIpc) is 2.96. The number of hydrogen-bond donors (Lipinski definition) is 0. The number of hydrogen-bond acceptors (Lipinski definition) is 1. The number of rotatable bonds is 5. The molecule has 1 heterocycles. The monoisotopic (exact) mass is 279 g/mol. The fourth-order valence-electron chi connectivity index (χ4n) is 2.90. The molecule has 0 aliphatic carbocycles. The Balaban J connectivity index is 1.75. The lowest BCUT2D eigenvalue weighted by Gasteiger charge is -2.16. The highest BCUT2D eigenvalue weighted by Gasteiger charge is 2.11. The molecule has 1 aromatic heterocycles. The predicted octanol–water partition coefficient (Wildman–Crippen LogP) is 4.84. The van der Waals surface area contributed by atoms with Crippen LogP contribution in [0.15, 0.2) is 60.8 Å². The Kier molecular flexibility index (Phi) is 3.96. The molecule has 0 radical (unpaired) electrons. The van der Waals surface area contributed by atoms with Gasteiger partial charge < -0.3 is 9.30 Å². The van der Waals surface area contributed by atoms with Crippen molar-refractivity contribution in [2.75, 3.05) is 7.11 Å². The summed E-state index contributed by atoms with van der Waals surface area (Å²) >= 11 is 0. The summed E-state index contributed by atoms with van der Waals surface area (Å²) in [6.45, 7) is 3.29. The lowest BCUT2D eigenvalue weighted by molar-refractivity contribution is 0.404. The van der Waals surface area contributed by atoms with Gasteiger partial charge in [0.25, 0.3) is 0 Å². The Bertz CT molecular complexity index is 729. The number of nitrogens with zero attached hydrogens (tertiary/aromatic N) is 1. The smallest absolute Gasteiger partial charge is 0.122 e. The van der Waals surface area contributed by atoms with Gasteiger partial charge in [-0.25, -0.2) is 0 Å². The van der Waals surface area contributed by atoms with E-state index in [1.54, 1.807) is 7.11 Å². The second-order valence-electron chi connectivity index (χ2n) is 5.50. The first-order valence-electron chi connectivity index (χ1n) is 7.46. The Morgan fingerprint density at radius 3 is 2.62 bits per heavy atom. The summed E-state index contributed by atoms with van der Waals surface area (Å²) in [6, 6.07) is 19.0. The van der Waals surface area contributed by atoms with Gasteiger partial charge in [-0.05, 0) is 41.5 Å². The van der Waals surface area contributed by atoms with E-state index in [9.17, 15) is 0 Å². The number of methoxy groups -OCH3 is 1. The Morgan fingerprint density at radius 2 is 1.76 bits per heavy atom. The summed E-state index contributed by atoms with van der Waals surface area (Å²) in [5.41, 5.74) is 2.60. The maximum Gasteiger partial charge on any atom is 0.122 e. The molecule has 0 fully saturated rings. The van der Waals surface area contributed by atoms with Crippen LogP contribution >= 0.6 is 0 Å². The highest BCUT2D eigenvalue weighted by molar-refractivity contribution is 5.79. The summed E-state index contributed by atoms with van der Waals surface area (Å²) in [5.74, 6) is 1.46. The molecular weight excluding hydrogens is 258 g/mol. The normalized spacial score (nSPS) is 12.5. The average molecular weight is 279 g/mol. The van der Waals surface area contributed by atoms with Crippen molar-refractivity contribution >= 4 is 10.9 Å². The number of benzene rings is 2. The fraction of sp³-hybridized carbons (Fsp3) is 0.263. The molecule has 108 valence electrons. The molecule has 0 spiro atoms. The van der Waals surface area contributed by atoms with Crippen molar-refractivity contribution in [3.8, 4) is 5.75 Å². The van der Waals surface area contributed by atoms with Crippen LogP contribution in [-0.2, 0) is 6.54 Å². The zero-order valence-corrected chi connectivity index (χ0v) is 12.6. The first-order valence-corrected chi connectivity index (χ1v) is 7.46. The second-order valence-corrected chi connectivity index (χ2v) is 5.50. The zero-order chi connectivity index (χ0) is 14.7. The fourth-order valence-corrected chi connectivity index (χ4v) is 2.90. The van der Waals surface area contributed by atoms with Crippen LogP contribution in [0.2, 0.25) is 0 Å². The van der Waals surface area contributed by atoms with E-state index >= 15 is 0 Å². The van der Waals surface area contributed by atoms with Crippen LogP contribution in [0.1, 0.15) is 24.8 Å². The first-order chi connectivity index (χ1) is 10.3. The standard InChI is InChI=1S/C19H21NO/c1-15(17-8-4-6-10-19(17)21-2)11-13-20-14-12-16-7-3-5-9-18(16)20/h3-10,12,14-15H,11,13H2,1-2H3. The Morgan fingerprint density at radius 1 is 1.00 bits per heavy atom. The van der Waals surface area contributed by atoms with Crippen LogP contribution in [0, 0.1) is 0 Å². The molecule has 0 amide bonds. The van der Waals surface area contributed by atoms with Gasteiger partial charge in [0.05, 0.1) is 7.11 Å². The quantitative estimate of drug-likeness (QED) is 0.651. The van der Waals surface area contributed by atoms with Crippen molar-refractivity contribution < 1.29 is 4.74 Å². The first kappa shape index (κ1) is 13.7. The van der Waals surface area contributed by atoms with Gasteiger partial charge in [-0.3, -0.25) is 0 Å². The summed E-state index contributed by atoms with van der Waals surface area (Å²) in [4.78, 5) is 0. The highest BCUT2D eigenvalue weighted by Crippen LogP contribution is 2.29. The molecule has 3 aromatic rings. The molecule has 3 rings (SSSR count). The van der Waals surface area contributed by atoms with Crippen LogP contribution in [0.3, 0.4) is 0 Å². The minimum atomic E-state index is 0.474. The van der Waals surface area contributed by atoms with Crippen LogP contribution in [0.5, 0.6) is 5.75 Å². The van der Waals surface area contributed by atoms with Crippen molar-refractivity contribution in [3.05, 3.63) is 66.4 Å². The van der Waals surface area contributed by atoms with E-state index in [0.29, 0.717) is 5.92 Å². The molecule has 0 N–H and O–H groups in total. The largest absolute Gasteiger partial charge is 0.496 e. The number of aromatic nitrogens is 1. The van der Waals surface area contributed by atoms with E-state index in [1.807, 2.05) is 12.1 Å². The Hall–Kier alpha value is -2.22. The molecule has 2 nitrogen and oxygen atoms in total. The van der Waals surface area contributed by atoms with Crippen LogP contribution in [0.4, 0.5) is 0 Å². The maximum absolute atomic E-state index is 5.47. The number of aryl methyl sites for hydroxylation is 1. The van der Waals surface area contributed by atoms with E-state index in [1.165, 1.54) is 16.5 Å². The van der Waals surface area contributed by atoms with Gasteiger partial charge >= 0.3 is 0 Å². The van der Waals surface area contributed by atoms with Crippen molar-refractivity contribution in [1.82, 2.24) is 4.57 Å². The van der Waals surface area contributed by atoms with Crippen molar-refractivity contribution in [3.63, 3.8) is 0 Å². The number of ether oxygens (including phenoxy) is 1. The van der Waals surface area contributed by atoms with E-state index in [4.69, 9.17) is 4.74 Å².